The molecule has 2 aliphatic heterocycles. The molecular formula is C11H22N2. The maximum Gasteiger partial charge on any atom is 0.0650 e. The molecule has 0 amide bonds. The highest BCUT2D eigenvalue weighted by atomic mass is 15.5. The topological polar surface area (TPSA) is 6.48 Å². The normalized spacial score (nSPS) is 35.5. The third-order valence-corrected chi connectivity index (χ3v) is 3.74. The zero-order valence-electron chi connectivity index (χ0n) is 9.33. The highest BCUT2D eigenvalue weighted by Gasteiger charge is 2.45. The molecule has 2 unspecified atom stereocenters. The van der Waals surface area contributed by atoms with E-state index in [1.807, 2.05) is 0 Å². The maximum absolute atomic E-state index is 2.63. The molecule has 2 heterocycles. The van der Waals surface area contributed by atoms with Crippen molar-refractivity contribution in [3.05, 3.63) is 0 Å². The summed E-state index contributed by atoms with van der Waals surface area (Å²) < 4.78 is 0. The summed E-state index contributed by atoms with van der Waals surface area (Å²) in [6, 6.07) is 0.729. The lowest BCUT2D eigenvalue weighted by atomic mass is 9.94. The van der Waals surface area contributed by atoms with Crippen molar-refractivity contribution in [2.45, 2.75) is 46.3 Å². The molecule has 0 aliphatic carbocycles. The Bertz CT molecular complexity index is 183. The Morgan fingerprint density at radius 3 is 2.38 bits per heavy atom. The predicted molar refractivity (Wildman–Crippen MR) is 55.3 cm³/mol. The SMILES string of the molecule is CC(C)C1CC2N(C1)CN2C(C)C. The molecule has 0 radical (unpaired) electrons. The van der Waals surface area contributed by atoms with Gasteiger partial charge < -0.3 is 0 Å². The molecule has 13 heavy (non-hydrogen) atoms. The average molecular weight is 182 g/mol. The van der Waals surface area contributed by atoms with E-state index in [1.54, 1.807) is 0 Å². The van der Waals surface area contributed by atoms with E-state index in [4.69, 9.17) is 0 Å². The quantitative estimate of drug-likeness (QED) is 0.644. The Hall–Kier alpha value is -0.0800. The summed E-state index contributed by atoms with van der Waals surface area (Å²) in [6.07, 6.45) is 2.18. The molecular weight excluding hydrogens is 160 g/mol. The lowest BCUT2D eigenvalue weighted by Gasteiger charge is -2.49. The largest absolute Gasteiger partial charge is 0.274 e. The summed E-state index contributed by atoms with van der Waals surface area (Å²) in [5, 5.41) is 0. The Kier molecular flexibility index (Phi) is 2.37. The van der Waals surface area contributed by atoms with E-state index in [2.05, 4.69) is 37.5 Å². The standard InChI is InChI=1S/C11H22N2/c1-8(2)10-5-11-12(6-10)7-13(11)9(3)4/h8-11H,5-7H2,1-4H3. The monoisotopic (exact) mass is 182 g/mol. The number of fused-ring (bicyclic) bond motifs is 1. The van der Waals surface area contributed by atoms with Gasteiger partial charge in [-0.05, 0) is 32.1 Å². The van der Waals surface area contributed by atoms with Crippen LogP contribution in [0.15, 0.2) is 0 Å². The molecule has 2 aliphatic rings. The van der Waals surface area contributed by atoms with Gasteiger partial charge in [-0.15, -0.1) is 0 Å². The fraction of sp³-hybridized carbons (Fsp3) is 1.00. The van der Waals surface area contributed by atoms with Crippen LogP contribution in [-0.2, 0) is 0 Å². The Labute approximate surface area is 81.9 Å². The first-order valence-corrected chi connectivity index (χ1v) is 5.59. The summed E-state index contributed by atoms with van der Waals surface area (Å²) in [7, 11) is 0. The van der Waals surface area contributed by atoms with Gasteiger partial charge in [0.25, 0.3) is 0 Å². The van der Waals surface area contributed by atoms with Crippen LogP contribution in [-0.4, -0.2) is 35.2 Å². The molecule has 0 aromatic carbocycles. The van der Waals surface area contributed by atoms with Crippen molar-refractivity contribution in [2.75, 3.05) is 13.2 Å². The minimum Gasteiger partial charge on any atom is -0.274 e. The van der Waals surface area contributed by atoms with Crippen LogP contribution in [0.3, 0.4) is 0 Å². The van der Waals surface area contributed by atoms with E-state index in [9.17, 15) is 0 Å². The van der Waals surface area contributed by atoms with E-state index < -0.39 is 0 Å². The second kappa shape index (κ2) is 3.25. The molecule has 2 heteroatoms. The Balaban J connectivity index is 1.91. The van der Waals surface area contributed by atoms with Crippen LogP contribution < -0.4 is 0 Å². The van der Waals surface area contributed by atoms with Crippen molar-refractivity contribution in [2.24, 2.45) is 11.8 Å². The molecule has 0 bridgehead atoms. The fourth-order valence-corrected chi connectivity index (χ4v) is 2.61. The third kappa shape index (κ3) is 1.50. The van der Waals surface area contributed by atoms with Crippen LogP contribution in [0.1, 0.15) is 34.1 Å². The minimum absolute atomic E-state index is 0.729. The van der Waals surface area contributed by atoms with Crippen molar-refractivity contribution in [1.29, 1.82) is 0 Å². The van der Waals surface area contributed by atoms with Gasteiger partial charge in [0.2, 0.25) is 0 Å². The van der Waals surface area contributed by atoms with E-state index >= 15 is 0 Å². The minimum atomic E-state index is 0.729. The van der Waals surface area contributed by atoms with E-state index in [1.165, 1.54) is 19.6 Å². The van der Waals surface area contributed by atoms with Crippen LogP contribution in [0.5, 0.6) is 0 Å². The molecule has 0 spiro atoms. The van der Waals surface area contributed by atoms with Crippen LogP contribution in [0.4, 0.5) is 0 Å². The van der Waals surface area contributed by atoms with Crippen LogP contribution in [0.2, 0.25) is 0 Å². The van der Waals surface area contributed by atoms with Crippen molar-refractivity contribution in [1.82, 2.24) is 9.80 Å². The molecule has 2 nitrogen and oxygen atoms in total. The fourth-order valence-electron chi connectivity index (χ4n) is 2.61. The molecule has 2 rings (SSSR count). The van der Waals surface area contributed by atoms with Gasteiger partial charge in [-0.25, -0.2) is 0 Å². The molecule has 2 fully saturated rings. The zero-order valence-corrected chi connectivity index (χ0v) is 9.33. The van der Waals surface area contributed by atoms with Gasteiger partial charge in [0.1, 0.15) is 0 Å². The maximum atomic E-state index is 2.63. The average Bonchev–Trinajstić information content (AvgIpc) is 2.28. The Morgan fingerprint density at radius 2 is 1.85 bits per heavy atom. The van der Waals surface area contributed by atoms with Gasteiger partial charge >= 0.3 is 0 Å². The highest BCUT2D eigenvalue weighted by Crippen LogP contribution is 2.37. The molecule has 0 aromatic rings. The molecule has 0 N–H and O–H groups in total. The summed E-state index contributed by atoms with van der Waals surface area (Å²) in [5.74, 6) is 1.80. The van der Waals surface area contributed by atoms with Gasteiger partial charge in [0, 0.05) is 12.6 Å². The molecule has 2 atom stereocenters. The summed E-state index contributed by atoms with van der Waals surface area (Å²) >= 11 is 0. The van der Waals surface area contributed by atoms with Gasteiger partial charge in [-0.2, -0.15) is 0 Å². The predicted octanol–water partition coefficient (Wildman–Crippen LogP) is 1.97. The van der Waals surface area contributed by atoms with Gasteiger partial charge in [-0.1, -0.05) is 13.8 Å². The van der Waals surface area contributed by atoms with E-state index in [0.29, 0.717) is 0 Å². The zero-order chi connectivity index (χ0) is 9.59. The van der Waals surface area contributed by atoms with Crippen LogP contribution >= 0.6 is 0 Å². The van der Waals surface area contributed by atoms with Crippen molar-refractivity contribution in [3.63, 3.8) is 0 Å². The summed E-state index contributed by atoms with van der Waals surface area (Å²) in [5.41, 5.74) is 0. The number of rotatable bonds is 2. The first-order chi connectivity index (χ1) is 6.09. The summed E-state index contributed by atoms with van der Waals surface area (Å²) in [6.45, 7) is 11.9. The van der Waals surface area contributed by atoms with Crippen molar-refractivity contribution >= 4 is 0 Å². The third-order valence-electron chi connectivity index (χ3n) is 3.74. The second-order valence-electron chi connectivity index (χ2n) is 5.24. The number of hydrogen-bond donors (Lipinski definition) is 0. The highest BCUT2D eigenvalue weighted by molar-refractivity contribution is 4.94. The lowest BCUT2D eigenvalue weighted by Crippen LogP contribution is -2.62. The first kappa shape index (κ1) is 9.47. The van der Waals surface area contributed by atoms with Crippen molar-refractivity contribution in [3.8, 4) is 0 Å². The van der Waals surface area contributed by atoms with Crippen LogP contribution in [0.25, 0.3) is 0 Å². The van der Waals surface area contributed by atoms with E-state index in [-0.39, 0.29) is 0 Å². The van der Waals surface area contributed by atoms with Crippen molar-refractivity contribution < 1.29 is 0 Å². The number of nitrogens with zero attached hydrogens (tertiary/aromatic N) is 2. The smallest absolute Gasteiger partial charge is 0.0650 e. The van der Waals surface area contributed by atoms with E-state index in [0.717, 1.165) is 24.0 Å². The van der Waals surface area contributed by atoms with Gasteiger partial charge in [-0.3, -0.25) is 9.80 Å². The van der Waals surface area contributed by atoms with Gasteiger partial charge in [0.05, 0.1) is 12.8 Å². The summed E-state index contributed by atoms with van der Waals surface area (Å²) in [4.78, 5) is 5.24. The molecule has 0 aromatic heterocycles. The molecule has 2 saturated heterocycles. The molecule has 76 valence electrons. The Morgan fingerprint density at radius 1 is 1.15 bits per heavy atom. The number of hydrogen-bond acceptors (Lipinski definition) is 2. The second-order valence-corrected chi connectivity index (χ2v) is 5.24. The lowest BCUT2D eigenvalue weighted by molar-refractivity contribution is -0.0987. The molecule has 0 saturated carbocycles. The van der Waals surface area contributed by atoms with Gasteiger partial charge in [0.15, 0.2) is 0 Å². The first-order valence-electron chi connectivity index (χ1n) is 5.59. The van der Waals surface area contributed by atoms with Crippen LogP contribution in [0, 0.1) is 11.8 Å².